The van der Waals surface area contributed by atoms with Crippen molar-refractivity contribution in [1.82, 2.24) is 14.7 Å². The van der Waals surface area contributed by atoms with Crippen molar-refractivity contribution in [3.8, 4) is 5.69 Å². The summed E-state index contributed by atoms with van der Waals surface area (Å²) >= 11 is 0. The molecule has 2 atom stereocenters. The number of halogens is 1. The largest absolute Gasteiger partial charge is 0.374 e. The Labute approximate surface area is 133 Å². The molecule has 5 nitrogen and oxygen atoms in total. The average molecular weight is 315 g/mol. The molecule has 120 valence electrons. The molecule has 1 amide bonds. The summed E-state index contributed by atoms with van der Waals surface area (Å²) in [4.78, 5) is 14.7. The average Bonchev–Trinajstić information content (AvgIpc) is 3.23. The van der Waals surface area contributed by atoms with E-state index in [-0.39, 0.29) is 23.9 Å². The van der Waals surface area contributed by atoms with E-state index < -0.39 is 0 Å². The van der Waals surface area contributed by atoms with Crippen LogP contribution in [0.25, 0.3) is 5.69 Å². The topological polar surface area (TPSA) is 47.4 Å². The maximum atomic E-state index is 13.3. The summed E-state index contributed by atoms with van der Waals surface area (Å²) in [5.74, 6) is -0.395. The molecule has 1 aliphatic carbocycles. The lowest BCUT2D eigenvalue weighted by Crippen LogP contribution is -2.51. The van der Waals surface area contributed by atoms with E-state index in [1.807, 2.05) is 4.90 Å². The number of hydrogen-bond donors (Lipinski definition) is 0. The third kappa shape index (κ3) is 2.63. The molecule has 1 aliphatic heterocycles. The van der Waals surface area contributed by atoms with Gasteiger partial charge in [-0.25, -0.2) is 9.07 Å². The van der Waals surface area contributed by atoms with Crippen molar-refractivity contribution < 1.29 is 13.9 Å². The highest BCUT2D eigenvalue weighted by Gasteiger charge is 2.39. The number of amides is 1. The van der Waals surface area contributed by atoms with Crippen LogP contribution < -0.4 is 0 Å². The summed E-state index contributed by atoms with van der Waals surface area (Å²) in [5, 5.41) is 4.33. The number of hydrogen-bond acceptors (Lipinski definition) is 3. The van der Waals surface area contributed by atoms with Crippen LogP contribution in [-0.2, 0) is 4.74 Å². The normalized spacial score (nSPS) is 23.8. The smallest absolute Gasteiger partial charge is 0.274 e. The number of carbonyl (C=O) groups is 1. The Kier molecular flexibility index (Phi) is 3.61. The van der Waals surface area contributed by atoms with Crippen LogP contribution in [0.1, 0.15) is 29.8 Å². The van der Waals surface area contributed by atoms with Crippen molar-refractivity contribution in [2.75, 3.05) is 13.2 Å². The number of morpholine rings is 1. The summed E-state index contributed by atoms with van der Waals surface area (Å²) in [5.41, 5.74) is 0.992. The molecule has 0 bridgehead atoms. The second-order valence-electron chi connectivity index (χ2n) is 6.03. The van der Waals surface area contributed by atoms with Crippen LogP contribution in [0.15, 0.2) is 36.5 Å². The maximum absolute atomic E-state index is 13.3. The number of carbonyl (C=O) groups excluding carboxylic acids is 1. The van der Waals surface area contributed by atoms with Crippen LogP contribution >= 0.6 is 0 Å². The Bertz CT molecular complexity index is 730. The molecule has 6 heteroatoms. The van der Waals surface area contributed by atoms with Gasteiger partial charge in [-0.3, -0.25) is 4.79 Å². The SMILES string of the molecule is O=C(c1ccn(-c2cccc(F)c2)n1)N1CCO[C@@H]2CCC[C@H]21. The van der Waals surface area contributed by atoms with Crippen molar-refractivity contribution in [2.45, 2.75) is 31.4 Å². The highest BCUT2D eigenvalue weighted by molar-refractivity contribution is 5.92. The molecule has 23 heavy (non-hydrogen) atoms. The molecule has 0 spiro atoms. The number of aromatic nitrogens is 2. The Morgan fingerprint density at radius 2 is 2.22 bits per heavy atom. The first kappa shape index (κ1) is 14.4. The van der Waals surface area contributed by atoms with Crippen LogP contribution in [-0.4, -0.2) is 45.9 Å². The van der Waals surface area contributed by atoms with E-state index in [0.717, 1.165) is 19.3 Å². The Balaban J connectivity index is 1.57. The fourth-order valence-corrected chi connectivity index (χ4v) is 3.53. The van der Waals surface area contributed by atoms with Gasteiger partial charge in [0.25, 0.3) is 5.91 Å². The minimum absolute atomic E-state index is 0.0691. The summed E-state index contributed by atoms with van der Waals surface area (Å²) < 4.78 is 20.6. The first-order chi connectivity index (χ1) is 11.2. The lowest BCUT2D eigenvalue weighted by atomic mass is 10.1. The second-order valence-corrected chi connectivity index (χ2v) is 6.03. The zero-order chi connectivity index (χ0) is 15.8. The van der Waals surface area contributed by atoms with E-state index in [9.17, 15) is 9.18 Å². The molecule has 2 aromatic rings. The minimum atomic E-state index is -0.326. The predicted octanol–water partition coefficient (Wildman–Crippen LogP) is 2.40. The molecule has 1 saturated carbocycles. The van der Waals surface area contributed by atoms with Crippen molar-refractivity contribution in [3.05, 3.63) is 48.0 Å². The van der Waals surface area contributed by atoms with Crippen LogP contribution in [0, 0.1) is 5.82 Å². The van der Waals surface area contributed by atoms with Gasteiger partial charge in [-0.05, 0) is 43.5 Å². The van der Waals surface area contributed by atoms with Gasteiger partial charge in [0, 0.05) is 12.7 Å². The fraction of sp³-hybridized carbons (Fsp3) is 0.412. The molecule has 1 aromatic carbocycles. The van der Waals surface area contributed by atoms with Gasteiger partial charge in [0.15, 0.2) is 5.69 Å². The molecular weight excluding hydrogens is 297 g/mol. The van der Waals surface area contributed by atoms with Crippen molar-refractivity contribution >= 4 is 5.91 Å². The van der Waals surface area contributed by atoms with Gasteiger partial charge in [-0.2, -0.15) is 5.10 Å². The van der Waals surface area contributed by atoms with Gasteiger partial charge in [0.1, 0.15) is 5.82 Å². The summed E-state index contributed by atoms with van der Waals surface area (Å²) in [7, 11) is 0. The van der Waals surface area contributed by atoms with Crippen molar-refractivity contribution in [1.29, 1.82) is 0 Å². The van der Waals surface area contributed by atoms with Crippen molar-refractivity contribution in [3.63, 3.8) is 0 Å². The molecule has 1 aromatic heterocycles. The molecule has 2 heterocycles. The molecule has 1 saturated heterocycles. The van der Waals surface area contributed by atoms with Gasteiger partial charge < -0.3 is 9.64 Å². The quantitative estimate of drug-likeness (QED) is 0.855. The van der Waals surface area contributed by atoms with E-state index in [2.05, 4.69) is 5.10 Å². The van der Waals surface area contributed by atoms with Crippen molar-refractivity contribution in [2.24, 2.45) is 0 Å². The molecule has 0 unspecified atom stereocenters. The van der Waals surface area contributed by atoms with Gasteiger partial charge in [-0.1, -0.05) is 6.07 Å². The van der Waals surface area contributed by atoms with Crippen LogP contribution in [0.3, 0.4) is 0 Å². The highest BCUT2D eigenvalue weighted by Crippen LogP contribution is 2.30. The maximum Gasteiger partial charge on any atom is 0.274 e. The van der Waals surface area contributed by atoms with E-state index in [1.54, 1.807) is 24.4 Å². The van der Waals surface area contributed by atoms with E-state index in [1.165, 1.54) is 16.8 Å². The zero-order valence-electron chi connectivity index (χ0n) is 12.7. The third-order valence-electron chi connectivity index (χ3n) is 4.62. The molecule has 4 rings (SSSR count). The lowest BCUT2D eigenvalue weighted by molar-refractivity contribution is -0.0447. The van der Waals surface area contributed by atoms with E-state index in [4.69, 9.17) is 4.74 Å². The predicted molar refractivity (Wildman–Crippen MR) is 81.9 cm³/mol. The van der Waals surface area contributed by atoms with Gasteiger partial charge in [0.05, 0.1) is 24.4 Å². The molecular formula is C17H18FN3O2. The molecule has 2 fully saturated rings. The number of ether oxygens (including phenoxy) is 1. The second kappa shape index (κ2) is 5.77. The van der Waals surface area contributed by atoms with E-state index >= 15 is 0 Å². The first-order valence-electron chi connectivity index (χ1n) is 7.96. The highest BCUT2D eigenvalue weighted by atomic mass is 19.1. The zero-order valence-corrected chi connectivity index (χ0v) is 12.7. The molecule has 0 N–H and O–H groups in total. The third-order valence-corrected chi connectivity index (χ3v) is 4.62. The van der Waals surface area contributed by atoms with Gasteiger partial charge in [-0.15, -0.1) is 0 Å². The van der Waals surface area contributed by atoms with Crippen LogP contribution in [0.2, 0.25) is 0 Å². The van der Waals surface area contributed by atoms with E-state index in [0.29, 0.717) is 24.5 Å². The monoisotopic (exact) mass is 315 g/mol. The fourth-order valence-electron chi connectivity index (χ4n) is 3.53. The minimum Gasteiger partial charge on any atom is -0.374 e. The standard InChI is InChI=1S/C17H18FN3O2/c18-12-3-1-4-13(11-12)21-8-7-14(19-21)17(22)20-9-10-23-16-6-2-5-15(16)20/h1,3-4,7-8,11,15-16H,2,5-6,9-10H2/t15-,16-/m1/s1. The molecule has 0 radical (unpaired) electrons. The summed E-state index contributed by atoms with van der Waals surface area (Å²) in [6, 6.07) is 8.00. The number of fused-ring (bicyclic) bond motifs is 1. The number of nitrogens with zero attached hydrogens (tertiary/aromatic N) is 3. The Morgan fingerprint density at radius 3 is 3.09 bits per heavy atom. The Hall–Kier alpha value is -2.21. The molecule has 2 aliphatic rings. The van der Waals surface area contributed by atoms with Gasteiger partial charge in [0.2, 0.25) is 0 Å². The summed E-state index contributed by atoms with van der Waals surface area (Å²) in [6.07, 6.45) is 4.96. The van der Waals surface area contributed by atoms with Gasteiger partial charge >= 0.3 is 0 Å². The van der Waals surface area contributed by atoms with Crippen LogP contribution in [0.4, 0.5) is 4.39 Å². The lowest BCUT2D eigenvalue weighted by Gasteiger charge is -2.37. The summed E-state index contributed by atoms with van der Waals surface area (Å²) in [6.45, 7) is 1.18. The van der Waals surface area contributed by atoms with Crippen LogP contribution in [0.5, 0.6) is 0 Å². The Morgan fingerprint density at radius 1 is 1.30 bits per heavy atom. The number of rotatable bonds is 2. The number of benzene rings is 1. The first-order valence-corrected chi connectivity index (χ1v) is 7.96.